The molecule has 4 rings (SSSR count). The molecule has 0 fully saturated rings. The number of nitrogens with one attached hydrogen (secondary N) is 1. The molecule has 0 bridgehead atoms. The van der Waals surface area contributed by atoms with Crippen LogP contribution in [0.3, 0.4) is 0 Å². The minimum Gasteiger partial charge on any atom is -0.445 e. The molecular weight excluding hydrogens is 480 g/mol. The molecule has 2 amide bonds. The van der Waals surface area contributed by atoms with E-state index in [1.807, 2.05) is 32.0 Å². The number of carbonyl (C=O) groups excluding carboxylic acids is 2. The first-order chi connectivity index (χ1) is 17.9. The molecule has 1 aliphatic rings. The van der Waals surface area contributed by atoms with Gasteiger partial charge in [0.25, 0.3) is 0 Å². The summed E-state index contributed by atoms with van der Waals surface area (Å²) in [6, 6.07) is 13.3. The molecule has 1 N–H and O–H groups in total. The van der Waals surface area contributed by atoms with Gasteiger partial charge >= 0.3 is 12.2 Å². The van der Waals surface area contributed by atoms with Gasteiger partial charge in [0.1, 0.15) is 13.2 Å². The molecule has 0 spiro atoms. The van der Waals surface area contributed by atoms with Crippen molar-refractivity contribution in [1.82, 2.24) is 9.88 Å². The number of benzene rings is 2. The van der Waals surface area contributed by atoms with Gasteiger partial charge in [0.05, 0.1) is 11.4 Å². The summed E-state index contributed by atoms with van der Waals surface area (Å²) in [7, 11) is 0. The summed E-state index contributed by atoms with van der Waals surface area (Å²) in [5, 5.41) is 2.70. The van der Waals surface area contributed by atoms with Crippen molar-refractivity contribution in [3.8, 4) is 0 Å². The van der Waals surface area contributed by atoms with Gasteiger partial charge in [-0.05, 0) is 42.2 Å². The molecule has 2 heterocycles. The Hall–Kier alpha value is -3.88. The number of ether oxygens (including phenoxy) is 2. The SMILES string of the molecule is CCCNC(=O)OCc1cc(COC(=O)N(CCC)c2ccc(F)c(F)c2)n2c1Cc1ccccc1C2. The Morgan fingerprint density at radius 2 is 1.76 bits per heavy atom. The van der Waals surface area contributed by atoms with Gasteiger partial charge in [0.2, 0.25) is 0 Å². The molecule has 37 heavy (non-hydrogen) atoms. The van der Waals surface area contributed by atoms with Crippen molar-refractivity contribution >= 4 is 17.9 Å². The lowest BCUT2D eigenvalue weighted by molar-refractivity contribution is 0.139. The van der Waals surface area contributed by atoms with E-state index in [9.17, 15) is 18.4 Å². The third-order valence-electron chi connectivity index (χ3n) is 6.29. The Balaban J connectivity index is 1.53. The number of fused-ring (bicyclic) bond motifs is 2. The molecule has 1 aliphatic heterocycles. The van der Waals surface area contributed by atoms with Crippen LogP contribution in [-0.4, -0.2) is 29.8 Å². The Kier molecular flexibility index (Phi) is 8.43. The lowest BCUT2D eigenvalue weighted by atomic mass is 9.98. The Morgan fingerprint density at radius 3 is 2.49 bits per heavy atom. The number of hydrogen-bond donors (Lipinski definition) is 1. The molecule has 0 aliphatic carbocycles. The average molecular weight is 512 g/mol. The fourth-order valence-corrected chi connectivity index (χ4v) is 4.43. The van der Waals surface area contributed by atoms with E-state index < -0.39 is 23.8 Å². The number of aromatic nitrogens is 1. The van der Waals surface area contributed by atoms with E-state index in [2.05, 4.69) is 22.0 Å². The number of anilines is 1. The topological polar surface area (TPSA) is 72.8 Å². The third-order valence-corrected chi connectivity index (χ3v) is 6.29. The van der Waals surface area contributed by atoms with E-state index in [0.717, 1.165) is 35.5 Å². The molecule has 196 valence electrons. The number of halogens is 2. The van der Waals surface area contributed by atoms with Crippen LogP contribution >= 0.6 is 0 Å². The first kappa shape index (κ1) is 26.2. The van der Waals surface area contributed by atoms with Crippen LogP contribution < -0.4 is 10.2 Å². The maximum Gasteiger partial charge on any atom is 0.414 e. The second-order valence-corrected chi connectivity index (χ2v) is 8.95. The monoisotopic (exact) mass is 511 g/mol. The van der Waals surface area contributed by atoms with Crippen LogP contribution in [0.15, 0.2) is 48.5 Å². The second-order valence-electron chi connectivity index (χ2n) is 8.95. The first-order valence-electron chi connectivity index (χ1n) is 12.5. The molecule has 0 unspecified atom stereocenters. The van der Waals surface area contributed by atoms with Gasteiger partial charge in [0, 0.05) is 43.4 Å². The van der Waals surface area contributed by atoms with E-state index in [1.54, 1.807) is 0 Å². The lowest BCUT2D eigenvalue weighted by Gasteiger charge is -2.24. The number of alkyl carbamates (subject to hydrolysis) is 1. The quantitative estimate of drug-likeness (QED) is 0.303. The average Bonchev–Trinajstić information content (AvgIpc) is 3.24. The van der Waals surface area contributed by atoms with Gasteiger partial charge in [0.15, 0.2) is 11.6 Å². The van der Waals surface area contributed by atoms with Crippen LogP contribution in [-0.2, 0) is 35.7 Å². The van der Waals surface area contributed by atoms with Crippen LogP contribution in [0.2, 0.25) is 0 Å². The lowest BCUT2D eigenvalue weighted by Crippen LogP contribution is -2.32. The van der Waals surface area contributed by atoms with Gasteiger partial charge in [-0.15, -0.1) is 0 Å². The molecule has 9 heteroatoms. The molecule has 0 saturated carbocycles. The summed E-state index contributed by atoms with van der Waals surface area (Å²) in [4.78, 5) is 26.3. The predicted molar refractivity (Wildman–Crippen MR) is 135 cm³/mol. The summed E-state index contributed by atoms with van der Waals surface area (Å²) in [5.41, 5.74) is 5.19. The zero-order chi connectivity index (χ0) is 26.4. The zero-order valence-corrected chi connectivity index (χ0v) is 21.1. The molecular formula is C28H31F2N3O4. The molecule has 1 aromatic heterocycles. The van der Waals surface area contributed by atoms with Gasteiger partial charge in [-0.25, -0.2) is 18.4 Å². The maximum absolute atomic E-state index is 13.8. The van der Waals surface area contributed by atoms with E-state index in [-0.39, 0.29) is 25.4 Å². The highest BCUT2D eigenvalue weighted by atomic mass is 19.2. The van der Waals surface area contributed by atoms with Gasteiger partial charge in [-0.1, -0.05) is 38.1 Å². The second kappa shape index (κ2) is 11.9. The van der Waals surface area contributed by atoms with Crippen LogP contribution in [0, 0.1) is 11.6 Å². The van der Waals surface area contributed by atoms with E-state index in [0.29, 0.717) is 25.9 Å². The summed E-state index contributed by atoms with van der Waals surface area (Å²) in [5.74, 6) is -2.01. The number of hydrogen-bond acceptors (Lipinski definition) is 4. The molecule has 7 nitrogen and oxygen atoms in total. The smallest absolute Gasteiger partial charge is 0.414 e. The zero-order valence-electron chi connectivity index (χ0n) is 21.1. The van der Waals surface area contributed by atoms with Crippen molar-refractivity contribution in [1.29, 1.82) is 0 Å². The fourth-order valence-electron chi connectivity index (χ4n) is 4.43. The summed E-state index contributed by atoms with van der Waals surface area (Å²) in [6.07, 6.45) is 0.940. The van der Waals surface area contributed by atoms with Crippen LogP contribution in [0.1, 0.15) is 54.8 Å². The molecule has 0 atom stereocenters. The normalized spacial score (nSPS) is 11.9. The Bertz CT molecular complexity index is 1270. The van der Waals surface area contributed by atoms with Gasteiger partial charge < -0.3 is 19.4 Å². The van der Waals surface area contributed by atoms with Crippen LogP contribution in [0.5, 0.6) is 0 Å². The van der Waals surface area contributed by atoms with Crippen molar-refractivity contribution in [3.63, 3.8) is 0 Å². The van der Waals surface area contributed by atoms with Crippen molar-refractivity contribution < 1.29 is 27.8 Å². The maximum atomic E-state index is 13.8. The standard InChI is InChI=1S/C28H31F2N3O4/c1-3-11-31-27(34)36-17-21-13-23(33-16-20-8-6-5-7-19(20)14-26(21)33)18-37-28(35)32(12-4-2)22-9-10-24(29)25(30)15-22/h5-10,13,15H,3-4,11-12,14,16-18H2,1-2H3,(H,31,34). The number of rotatable bonds is 9. The summed E-state index contributed by atoms with van der Waals surface area (Å²) < 4.78 is 40.4. The summed E-state index contributed by atoms with van der Waals surface area (Å²) in [6.45, 7) is 5.33. The Labute approximate surface area is 215 Å². The fraction of sp³-hybridized carbons (Fsp3) is 0.357. The van der Waals surface area contributed by atoms with Gasteiger partial charge in [-0.2, -0.15) is 0 Å². The van der Waals surface area contributed by atoms with Gasteiger partial charge in [-0.3, -0.25) is 4.90 Å². The summed E-state index contributed by atoms with van der Waals surface area (Å²) >= 11 is 0. The van der Waals surface area contributed by atoms with Crippen LogP contribution in [0.4, 0.5) is 24.1 Å². The largest absolute Gasteiger partial charge is 0.445 e. The number of nitrogens with zero attached hydrogens (tertiary/aromatic N) is 2. The van der Waals surface area contributed by atoms with Crippen LogP contribution in [0.25, 0.3) is 0 Å². The van der Waals surface area contributed by atoms with Crippen molar-refractivity contribution in [2.75, 3.05) is 18.0 Å². The minimum absolute atomic E-state index is 0.0279. The number of amides is 2. The minimum atomic E-state index is -1.03. The first-order valence-corrected chi connectivity index (χ1v) is 12.5. The molecule has 0 saturated heterocycles. The van der Waals surface area contributed by atoms with Crippen molar-refractivity contribution in [2.45, 2.75) is 52.9 Å². The Morgan fingerprint density at radius 1 is 0.973 bits per heavy atom. The highest BCUT2D eigenvalue weighted by Crippen LogP contribution is 2.29. The van der Waals surface area contributed by atoms with Crippen molar-refractivity contribution in [2.24, 2.45) is 0 Å². The third kappa shape index (κ3) is 6.10. The highest BCUT2D eigenvalue weighted by molar-refractivity contribution is 5.87. The van der Waals surface area contributed by atoms with E-state index >= 15 is 0 Å². The highest BCUT2D eigenvalue weighted by Gasteiger charge is 2.24. The predicted octanol–water partition coefficient (Wildman–Crippen LogP) is 5.91. The van der Waals surface area contributed by atoms with Crippen molar-refractivity contribution in [3.05, 3.63) is 88.2 Å². The van der Waals surface area contributed by atoms with E-state index in [1.165, 1.54) is 22.1 Å². The van der Waals surface area contributed by atoms with E-state index in [4.69, 9.17) is 9.47 Å². The molecule has 2 aromatic carbocycles. The molecule has 3 aromatic rings. The number of carbonyl (C=O) groups is 2. The molecule has 0 radical (unpaired) electrons.